The van der Waals surface area contributed by atoms with Gasteiger partial charge in [0.1, 0.15) is 5.60 Å². The van der Waals surface area contributed by atoms with Gasteiger partial charge in [-0.15, -0.1) is 0 Å². The number of benzene rings is 1. The molecule has 0 radical (unpaired) electrons. The van der Waals surface area contributed by atoms with Crippen LogP contribution in [0.15, 0.2) is 31.4 Å². The van der Waals surface area contributed by atoms with Crippen molar-refractivity contribution in [3.8, 4) is 0 Å². The lowest BCUT2D eigenvalue weighted by atomic mass is 9.68. The van der Waals surface area contributed by atoms with Crippen LogP contribution in [0.2, 0.25) is 0 Å². The standard InChI is InChI=1S/C37H59N3O2/c1-26(24-35(3,4)28-12-18-38-19-13-28)31-10-9-11-32(27(2)25-36(5,6)29-14-20-39-21-15-29)33(31)34(41)42-37(7,8)30-16-22-40-23-17-30/h9-11,28-30,38-40H,1-2,12-25H2,3-8H3. The summed E-state index contributed by atoms with van der Waals surface area (Å²) in [7, 11) is 0. The van der Waals surface area contributed by atoms with Gasteiger partial charge in [0.25, 0.3) is 0 Å². The first-order valence-electron chi connectivity index (χ1n) is 16.7. The third-order valence-corrected chi connectivity index (χ3v) is 10.9. The molecule has 5 nitrogen and oxygen atoms in total. The number of hydrogen-bond donors (Lipinski definition) is 3. The molecule has 0 spiro atoms. The molecule has 0 saturated carbocycles. The normalized spacial score (nSPS) is 20.3. The van der Waals surface area contributed by atoms with E-state index in [1.165, 1.54) is 25.7 Å². The third kappa shape index (κ3) is 7.95. The van der Waals surface area contributed by atoms with E-state index >= 15 is 0 Å². The summed E-state index contributed by atoms with van der Waals surface area (Å²) in [6, 6.07) is 6.26. The van der Waals surface area contributed by atoms with Crippen molar-refractivity contribution in [1.29, 1.82) is 0 Å². The van der Waals surface area contributed by atoms with E-state index in [-0.39, 0.29) is 16.8 Å². The maximum absolute atomic E-state index is 14.4. The first-order chi connectivity index (χ1) is 19.8. The summed E-state index contributed by atoms with van der Waals surface area (Å²) in [5, 5.41) is 10.5. The fourth-order valence-electron chi connectivity index (χ4n) is 8.04. The van der Waals surface area contributed by atoms with E-state index in [9.17, 15) is 4.79 Å². The second-order valence-corrected chi connectivity index (χ2v) is 15.3. The highest BCUT2D eigenvalue weighted by atomic mass is 16.6. The zero-order chi connectivity index (χ0) is 30.5. The maximum Gasteiger partial charge on any atom is 0.339 e. The van der Waals surface area contributed by atoms with Crippen LogP contribution in [-0.2, 0) is 4.74 Å². The van der Waals surface area contributed by atoms with Crippen molar-refractivity contribution < 1.29 is 9.53 Å². The average Bonchev–Trinajstić information content (AvgIpc) is 2.97. The van der Waals surface area contributed by atoms with Crippen LogP contribution in [0.25, 0.3) is 11.1 Å². The van der Waals surface area contributed by atoms with Crippen LogP contribution in [0.1, 0.15) is 114 Å². The molecule has 3 saturated heterocycles. The average molecular weight is 578 g/mol. The number of rotatable bonds is 11. The van der Waals surface area contributed by atoms with Gasteiger partial charge in [0.15, 0.2) is 0 Å². The summed E-state index contributed by atoms with van der Waals surface area (Å²) in [5.41, 5.74) is 4.22. The molecule has 0 amide bonds. The van der Waals surface area contributed by atoms with Crippen molar-refractivity contribution in [2.24, 2.45) is 28.6 Å². The number of esters is 1. The lowest BCUT2D eigenvalue weighted by Gasteiger charge is -2.39. The largest absolute Gasteiger partial charge is 0.456 e. The van der Waals surface area contributed by atoms with Crippen molar-refractivity contribution in [3.05, 3.63) is 48.0 Å². The fourth-order valence-corrected chi connectivity index (χ4v) is 8.04. The minimum absolute atomic E-state index is 0.0960. The number of carbonyl (C=O) groups is 1. The molecule has 3 fully saturated rings. The lowest BCUT2D eigenvalue weighted by Crippen LogP contribution is -2.43. The van der Waals surface area contributed by atoms with Crippen LogP contribution in [0.5, 0.6) is 0 Å². The van der Waals surface area contributed by atoms with Crippen molar-refractivity contribution in [2.45, 2.75) is 98.5 Å². The molecule has 42 heavy (non-hydrogen) atoms. The Labute approximate surface area is 256 Å². The third-order valence-electron chi connectivity index (χ3n) is 10.9. The van der Waals surface area contributed by atoms with Crippen LogP contribution in [0, 0.1) is 28.6 Å². The van der Waals surface area contributed by atoms with Gasteiger partial charge < -0.3 is 20.7 Å². The molecule has 0 bridgehead atoms. The number of piperidine rings is 3. The van der Waals surface area contributed by atoms with E-state index in [1.54, 1.807) is 0 Å². The van der Waals surface area contributed by atoms with Crippen molar-refractivity contribution in [1.82, 2.24) is 16.0 Å². The van der Waals surface area contributed by atoms with E-state index < -0.39 is 5.60 Å². The summed E-state index contributed by atoms with van der Waals surface area (Å²) in [4.78, 5) is 14.4. The Kier molecular flexibility index (Phi) is 10.8. The van der Waals surface area contributed by atoms with Crippen LogP contribution >= 0.6 is 0 Å². The van der Waals surface area contributed by atoms with Gasteiger partial charge in [0, 0.05) is 5.92 Å². The van der Waals surface area contributed by atoms with Crippen molar-refractivity contribution in [2.75, 3.05) is 39.3 Å². The van der Waals surface area contributed by atoms with Gasteiger partial charge in [-0.3, -0.25) is 0 Å². The van der Waals surface area contributed by atoms with Crippen molar-refractivity contribution in [3.63, 3.8) is 0 Å². The zero-order valence-electron chi connectivity index (χ0n) is 27.6. The van der Waals surface area contributed by atoms with Gasteiger partial charge in [-0.1, -0.05) is 59.1 Å². The Morgan fingerprint density at radius 2 is 1.05 bits per heavy atom. The van der Waals surface area contributed by atoms with Gasteiger partial charge in [-0.2, -0.15) is 0 Å². The Morgan fingerprint density at radius 3 is 1.43 bits per heavy atom. The molecule has 0 atom stereocenters. The topological polar surface area (TPSA) is 62.4 Å². The summed E-state index contributed by atoms with van der Waals surface area (Å²) < 4.78 is 6.47. The summed E-state index contributed by atoms with van der Waals surface area (Å²) in [6.07, 6.45) is 8.47. The van der Waals surface area contributed by atoms with Gasteiger partial charge in [0.05, 0.1) is 5.56 Å². The highest BCUT2D eigenvalue weighted by Crippen LogP contribution is 2.45. The van der Waals surface area contributed by atoms with Crippen LogP contribution < -0.4 is 16.0 Å². The van der Waals surface area contributed by atoms with Gasteiger partial charge >= 0.3 is 5.97 Å². The van der Waals surface area contributed by atoms with Crippen LogP contribution in [-0.4, -0.2) is 50.8 Å². The fraction of sp³-hybridized carbons (Fsp3) is 0.703. The van der Waals surface area contributed by atoms with Crippen molar-refractivity contribution >= 4 is 17.1 Å². The summed E-state index contributed by atoms with van der Waals surface area (Å²) in [6.45, 7) is 29.1. The molecule has 3 aliphatic rings. The molecule has 1 aromatic carbocycles. The molecule has 0 aliphatic carbocycles. The van der Waals surface area contributed by atoms with Gasteiger partial charge in [0.2, 0.25) is 0 Å². The molecule has 3 heterocycles. The van der Waals surface area contributed by atoms with E-state index in [1.807, 2.05) is 0 Å². The lowest BCUT2D eigenvalue weighted by molar-refractivity contribution is -0.0368. The molecule has 0 aromatic heterocycles. The second kappa shape index (κ2) is 13.8. The first-order valence-corrected chi connectivity index (χ1v) is 16.7. The van der Waals surface area contributed by atoms with E-state index in [0.717, 1.165) is 87.2 Å². The predicted octanol–water partition coefficient (Wildman–Crippen LogP) is 7.48. The van der Waals surface area contributed by atoms with Gasteiger partial charge in [-0.05, 0) is 149 Å². The Hall–Kier alpha value is -1.95. The summed E-state index contributed by atoms with van der Waals surface area (Å²) in [5.74, 6) is 1.37. The molecule has 0 unspecified atom stereocenters. The van der Waals surface area contributed by atoms with Crippen LogP contribution in [0.3, 0.4) is 0 Å². The number of allylic oxidation sites excluding steroid dienone is 2. The first kappa shape index (κ1) is 33.0. The highest BCUT2D eigenvalue weighted by molar-refractivity contribution is 6.00. The molecule has 1 aromatic rings. The zero-order valence-corrected chi connectivity index (χ0v) is 27.6. The van der Waals surface area contributed by atoms with Crippen LogP contribution in [0.4, 0.5) is 0 Å². The second-order valence-electron chi connectivity index (χ2n) is 15.3. The maximum atomic E-state index is 14.4. The molecular formula is C37H59N3O2. The smallest absolute Gasteiger partial charge is 0.339 e. The predicted molar refractivity (Wildman–Crippen MR) is 178 cm³/mol. The summed E-state index contributed by atoms with van der Waals surface area (Å²) >= 11 is 0. The molecule has 234 valence electrons. The highest BCUT2D eigenvalue weighted by Gasteiger charge is 2.38. The minimum Gasteiger partial charge on any atom is -0.456 e. The Bertz CT molecular complexity index is 1040. The monoisotopic (exact) mass is 577 g/mol. The van der Waals surface area contributed by atoms with E-state index in [0.29, 0.717) is 23.3 Å². The number of nitrogens with one attached hydrogen (secondary N) is 3. The molecule has 5 heteroatoms. The molecule has 3 aliphatic heterocycles. The minimum atomic E-state index is -0.547. The van der Waals surface area contributed by atoms with E-state index in [2.05, 4.69) is 88.8 Å². The molecule has 3 N–H and O–H groups in total. The van der Waals surface area contributed by atoms with E-state index in [4.69, 9.17) is 4.74 Å². The Morgan fingerprint density at radius 1 is 0.690 bits per heavy atom. The Balaban J connectivity index is 1.66. The quantitative estimate of drug-likeness (QED) is 0.238. The number of hydrogen-bond acceptors (Lipinski definition) is 5. The van der Waals surface area contributed by atoms with Gasteiger partial charge in [-0.25, -0.2) is 4.79 Å². The molecular weight excluding hydrogens is 518 g/mol. The SMILES string of the molecule is C=C(CC(C)(C)C1CCNCC1)c1cccc(C(=C)CC(C)(C)C2CCNCC2)c1C(=O)OC(C)(C)C1CCNCC1. The molecule has 4 rings (SSSR count). The number of ether oxygens (including phenoxy) is 1. The number of carbonyl (C=O) groups excluding carboxylic acids is 1.